The Morgan fingerprint density at radius 2 is 1.85 bits per heavy atom. The number of hydrazine groups is 1. The Morgan fingerprint density at radius 3 is 2.65 bits per heavy atom. The van der Waals surface area contributed by atoms with E-state index in [0.29, 0.717) is 13.0 Å². The first-order valence-corrected chi connectivity index (χ1v) is 6.83. The summed E-state index contributed by atoms with van der Waals surface area (Å²) in [5, 5.41) is 13.1. The fourth-order valence-electron chi connectivity index (χ4n) is 2.79. The van der Waals surface area contributed by atoms with Crippen LogP contribution < -0.4 is 10.9 Å². The zero-order chi connectivity index (χ0) is 14.1. The summed E-state index contributed by atoms with van der Waals surface area (Å²) >= 11 is 0. The lowest BCUT2D eigenvalue weighted by Gasteiger charge is -2.19. The van der Waals surface area contributed by atoms with Gasteiger partial charge in [-0.25, -0.2) is 5.84 Å². The van der Waals surface area contributed by atoms with Crippen molar-refractivity contribution in [3.63, 3.8) is 0 Å². The monoisotopic (exact) mass is 269 g/mol. The minimum Gasteiger partial charge on any atom is -0.396 e. The van der Waals surface area contributed by atoms with E-state index in [1.807, 2.05) is 24.3 Å². The van der Waals surface area contributed by atoms with Crippen LogP contribution in [0.25, 0.3) is 21.8 Å². The third-order valence-corrected chi connectivity index (χ3v) is 3.78. The highest BCUT2D eigenvalue weighted by atomic mass is 16.3. The van der Waals surface area contributed by atoms with E-state index in [2.05, 4.69) is 29.8 Å². The van der Waals surface area contributed by atoms with Crippen molar-refractivity contribution >= 4 is 27.5 Å². The van der Waals surface area contributed by atoms with Crippen molar-refractivity contribution in [1.29, 1.82) is 0 Å². The highest BCUT2D eigenvalue weighted by Crippen LogP contribution is 2.34. The van der Waals surface area contributed by atoms with Crippen LogP contribution in [0.5, 0.6) is 0 Å². The summed E-state index contributed by atoms with van der Waals surface area (Å²) in [6.45, 7) is 0.790. The van der Waals surface area contributed by atoms with Gasteiger partial charge in [0, 0.05) is 36.5 Å². The van der Waals surface area contributed by atoms with Gasteiger partial charge in [-0.2, -0.15) is 0 Å². The molecule has 0 aliphatic heterocycles. The number of fused-ring (bicyclic) bond motifs is 3. The number of para-hydroxylation sites is 1. The molecule has 0 unspecified atom stereocenters. The van der Waals surface area contributed by atoms with Crippen LogP contribution in [-0.2, 0) is 7.05 Å². The molecule has 3 aromatic rings. The van der Waals surface area contributed by atoms with Gasteiger partial charge in [-0.3, -0.25) is 0 Å². The molecule has 1 aromatic heterocycles. The molecule has 0 radical (unpaired) electrons. The van der Waals surface area contributed by atoms with Gasteiger partial charge in [-0.1, -0.05) is 24.3 Å². The highest BCUT2D eigenvalue weighted by molar-refractivity contribution is 6.14. The largest absolute Gasteiger partial charge is 0.396 e. The Kier molecular flexibility index (Phi) is 3.34. The maximum absolute atomic E-state index is 8.96. The lowest BCUT2D eigenvalue weighted by atomic mass is 10.1. The van der Waals surface area contributed by atoms with Crippen molar-refractivity contribution in [2.24, 2.45) is 12.9 Å². The molecule has 4 heteroatoms. The third-order valence-electron chi connectivity index (χ3n) is 3.78. The van der Waals surface area contributed by atoms with E-state index in [0.717, 1.165) is 5.69 Å². The molecule has 0 aliphatic carbocycles. The molecule has 0 saturated heterocycles. The lowest BCUT2D eigenvalue weighted by molar-refractivity contribution is 0.289. The Hall–Kier alpha value is -2.04. The van der Waals surface area contributed by atoms with Gasteiger partial charge in [0.05, 0.1) is 11.2 Å². The molecule has 104 valence electrons. The summed E-state index contributed by atoms with van der Waals surface area (Å²) in [6.07, 6.45) is 0.664. The van der Waals surface area contributed by atoms with Crippen molar-refractivity contribution < 1.29 is 5.11 Å². The van der Waals surface area contributed by atoms with E-state index in [1.165, 1.54) is 21.8 Å². The summed E-state index contributed by atoms with van der Waals surface area (Å²) < 4.78 is 2.19. The molecule has 0 spiro atoms. The molecule has 0 amide bonds. The van der Waals surface area contributed by atoms with Crippen LogP contribution >= 0.6 is 0 Å². The van der Waals surface area contributed by atoms with Gasteiger partial charge in [-0.05, 0) is 24.6 Å². The number of nitrogens with zero attached hydrogens (tertiary/aromatic N) is 2. The average molecular weight is 269 g/mol. The van der Waals surface area contributed by atoms with Crippen LogP contribution in [0.4, 0.5) is 5.69 Å². The summed E-state index contributed by atoms with van der Waals surface area (Å²) in [7, 11) is 2.07. The maximum Gasteiger partial charge on any atom is 0.0617 e. The highest BCUT2D eigenvalue weighted by Gasteiger charge is 2.13. The molecule has 0 aliphatic rings. The first-order chi connectivity index (χ1) is 9.74. The normalized spacial score (nSPS) is 11.3. The lowest BCUT2D eigenvalue weighted by Crippen LogP contribution is -2.32. The van der Waals surface area contributed by atoms with Gasteiger partial charge in [0.2, 0.25) is 0 Å². The number of aliphatic hydroxyl groups is 1. The van der Waals surface area contributed by atoms with E-state index in [4.69, 9.17) is 10.9 Å². The van der Waals surface area contributed by atoms with Gasteiger partial charge in [-0.15, -0.1) is 0 Å². The zero-order valence-corrected chi connectivity index (χ0v) is 11.6. The molecule has 0 bridgehead atoms. The Labute approximate surface area is 118 Å². The Bertz CT molecular complexity index is 748. The number of aromatic nitrogens is 1. The van der Waals surface area contributed by atoms with Crippen LogP contribution in [-0.4, -0.2) is 22.8 Å². The third kappa shape index (κ3) is 1.94. The fourth-order valence-corrected chi connectivity index (χ4v) is 2.79. The van der Waals surface area contributed by atoms with Crippen LogP contribution in [0.15, 0.2) is 42.5 Å². The number of rotatable bonds is 4. The van der Waals surface area contributed by atoms with Gasteiger partial charge in [0.25, 0.3) is 0 Å². The number of nitrogens with two attached hydrogens (primary N) is 1. The van der Waals surface area contributed by atoms with Crippen molar-refractivity contribution in [2.75, 3.05) is 18.2 Å². The van der Waals surface area contributed by atoms with Crippen LogP contribution in [0.2, 0.25) is 0 Å². The van der Waals surface area contributed by atoms with E-state index < -0.39 is 0 Å². The van der Waals surface area contributed by atoms with Crippen LogP contribution in [0.1, 0.15) is 6.42 Å². The molecular weight excluding hydrogens is 250 g/mol. The quantitative estimate of drug-likeness (QED) is 0.565. The fraction of sp³-hybridized carbons (Fsp3) is 0.250. The number of aliphatic hydroxyl groups excluding tert-OH is 1. The molecule has 1 heterocycles. The van der Waals surface area contributed by atoms with Crippen molar-refractivity contribution in [3.05, 3.63) is 42.5 Å². The van der Waals surface area contributed by atoms with Gasteiger partial charge >= 0.3 is 0 Å². The topological polar surface area (TPSA) is 54.4 Å². The summed E-state index contributed by atoms with van der Waals surface area (Å²) in [5.41, 5.74) is 3.38. The molecular formula is C16H19N3O. The average Bonchev–Trinajstić information content (AvgIpc) is 2.79. The van der Waals surface area contributed by atoms with Gasteiger partial charge < -0.3 is 14.7 Å². The number of benzene rings is 2. The van der Waals surface area contributed by atoms with Crippen LogP contribution in [0, 0.1) is 0 Å². The van der Waals surface area contributed by atoms with Crippen molar-refractivity contribution in [1.82, 2.24) is 4.57 Å². The van der Waals surface area contributed by atoms with E-state index in [9.17, 15) is 0 Å². The van der Waals surface area contributed by atoms with E-state index in [-0.39, 0.29) is 6.61 Å². The summed E-state index contributed by atoms with van der Waals surface area (Å²) in [5.74, 6) is 6.16. The first-order valence-electron chi connectivity index (χ1n) is 6.83. The molecule has 0 saturated carbocycles. The van der Waals surface area contributed by atoms with E-state index >= 15 is 0 Å². The maximum atomic E-state index is 8.96. The SMILES string of the molecule is Cn1c2ccccc2c2c(N(N)CCCO)cccc21. The second-order valence-corrected chi connectivity index (χ2v) is 5.02. The van der Waals surface area contributed by atoms with Gasteiger partial charge in [0.1, 0.15) is 0 Å². The van der Waals surface area contributed by atoms with Gasteiger partial charge in [0.15, 0.2) is 0 Å². The molecule has 0 fully saturated rings. The minimum atomic E-state index is 0.152. The summed E-state index contributed by atoms with van der Waals surface area (Å²) in [6, 6.07) is 14.5. The standard InChI is InChI=1S/C16H19N3O/c1-18-13-7-3-2-6-12(13)16-14(18)8-4-9-15(16)19(17)10-5-11-20/h2-4,6-9,20H,5,10-11,17H2,1H3. The molecule has 0 atom stereocenters. The van der Waals surface area contributed by atoms with Crippen molar-refractivity contribution in [3.8, 4) is 0 Å². The predicted molar refractivity (Wildman–Crippen MR) is 83.7 cm³/mol. The second-order valence-electron chi connectivity index (χ2n) is 5.02. The molecule has 2 aromatic carbocycles. The predicted octanol–water partition coefficient (Wildman–Crippen LogP) is 2.39. The molecule has 4 nitrogen and oxygen atoms in total. The number of anilines is 1. The number of aryl methyl sites for hydroxylation is 1. The minimum absolute atomic E-state index is 0.152. The molecule has 3 rings (SSSR count). The Balaban J connectivity index is 2.25. The second kappa shape index (κ2) is 5.15. The zero-order valence-electron chi connectivity index (χ0n) is 11.6. The number of hydrogen-bond acceptors (Lipinski definition) is 3. The smallest absolute Gasteiger partial charge is 0.0617 e. The van der Waals surface area contributed by atoms with Crippen LogP contribution in [0.3, 0.4) is 0 Å². The van der Waals surface area contributed by atoms with E-state index in [1.54, 1.807) is 5.01 Å². The van der Waals surface area contributed by atoms with Crippen molar-refractivity contribution in [2.45, 2.75) is 6.42 Å². The summed E-state index contributed by atoms with van der Waals surface area (Å²) in [4.78, 5) is 0. The molecule has 20 heavy (non-hydrogen) atoms. The first kappa shape index (κ1) is 13.0. The number of hydrogen-bond donors (Lipinski definition) is 2. The molecule has 3 N–H and O–H groups in total. The Morgan fingerprint density at radius 1 is 1.10 bits per heavy atom.